The van der Waals surface area contributed by atoms with E-state index in [4.69, 9.17) is 25.6 Å². The van der Waals surface area contributed by atoms with Gasteiger partial charge in [-0.15, -0.1) is 0 Å². The van der Waals surface area contributed by atoms with E-state index in [-0.39, 0.29) is 0 Å². The van der Waals surface area contributed by atoms with Crippen molar-refractivity contribution in [2.75, 3.05) is 46.6 Å². The first-order valence-corrected chi connectivity index (χ1v) is 10.3. The summed E-state index contributed by atoms with van der Waals surface area (Å²) < 4.78 is 16.4. The molecule has 0 radical (unpaired) electrons. The molecule has 0 saturated carbocycles. The van der Waals surface area contributed by atoms with Crippen LogP contribution < -0.4 is 10.6 Å². The molecule has 0 spiro atoms. The molecule has 158 valence electrons. The quantitative estimate of drug-likeness (QED) is 0.346. The third-order valence-electron chi connectivity index (χ3n) is 4.54. The Morgan fingerprint density at radius 2 is 2.24 bits per heavy atom. The molecule has 29 heavy (non-hydrogen) atoms. The fourth-order valence-corrected chi connectivity index (χ4v) is 3.15. The van der Waals surface area contributed by atoms with Crippen molar-refractivity contribution in [1.82, 2.24) is 20.8 Å². The van der Waals surface area contributed by atoms with Gasteiger partial charge in [0, 0.05) is 56.3 Å². The highest BCUT2D eigenvalue weighted by Crippen LogP contribution is 2.19. The van der Waals surface area contributed by atoms with Crippen molar-refractivity contribution in [2.24, 2.45) is 10.9 Å². The number of benzene rings is 1. The van der Waals surface area contributed by atoms with Crippen molar-refractivity contribution in [1.29, 1.82) is 0 Å². The van der Waals surface area contributed by atoms with Crippen molar-refractivity contribution < 1.29 is 14.0 Å². The van der Waals surface area contributed by atoms with Crippen LogP contribution in [0.3, 0.4) is 0 Å². The zero-order valence-corrected chi connectivity index (χ0v) is 17.5. The normalized spacial score (nSPS) is 16.9. The number of hydrogen-bond donors (Lipinski definition) is 2. The van der Waals surface area contributed by atoms with Gasteiger partial charge in [-0.2, -0.15) is 4.98 Å². The molecule has 2 aromatic rings. The molecule has 2 N–H and O–H groups in total. The monoisotopic (exact) mass is 421 g/mol. The van der Waals surface area contributed by atoms with Crippen molar-refractivity contribution in [3.05, 3.63) is 35.2 Å². The molecule has 0 bridgehead atoms. The summed E-state index contributed by atoms with van der Waals surface area (Å²) in [6, 6.07) is 7.38. The minimum absolute atomic E-state index is 0.536. The molecule has 2 heterocycles. The molecule has 1 aliphatic heterocycles. The minimum atomic E-state index is 0.536. The fraction of sp³-hybridized carbons (Fsp3) is 0.550. The second kappa shape index (κ2) is 11.7. The summed E-state index contributed by atoms with van der Waals surface area (Å²) in [4.78, 5) is 8.63. The Kier molecular flexibility index (Phi) is 8.73. The Hall–Kier alpha value is -2.16. The Balaban J connectivity index is 1.29. The number of rotatable bonds is 10. The van der Waals surface area contributed by atoms with Gasteiger partial charge in [-0.3, -0.25) is 4.99 Å². The van der Waals surface area contributed by atoms with E-state index >= 15 is 0 Å². The number of ether oxygens (including phenoxy) is 2. The first-order chi connectivity index (χ1) is 14.2. The molecular weight excluding hydrogens is 394 g/mol. The number of aromatic nitrogens is 2. The first-order valence-electron chi connectivity index (χ1n) is 9.93. The Bertz CT molecular complexity index is 777. The van der Waals surface area contributed by atoms with Crippen LogP contribution in [0, 0.1) is 5.92 Å². The lowest BCUT2D eigenvalue weighted by Crippen LogP contribution is -2.39. The number of guanidine groups is 1. The molecule has 1 aromatic heterocycles. The standard InChI is InChI=1S/C20H28ClN5O3/c1-22-20(23-8-3-10-27-13-15-7-11-28-14-15)24-9-6-18-25-19(26-29-18)16-4-2-5-17(21)12-16/h2,4-5,12,15H,3,6-11,13-14H2,1H3,(H2,22,23,24). The number of aliphatic imine (C=N–C) groups is 1. The van der Waals surface area contributed by atoms with Crippen LogP contribution in [0.5, 0.6) is 0 Å². The van der Waals surface area contributed by atoms with Crippen molar-refractivity contribution in [2.45, 2.75) is 19.3 Å². The summed E-state index contributed by atoms with van der Waals surface area (Å²) in [5, 5.41) is 11.2. The van der Waals surface area contributed by atoms with Gasteiger partial charge in [0.15, 0.2) is 5.96 Å². The molecule has 3 rings (SSSR count). The third kappa shape index (κ3) is 7.30. The fourth-order valence-electron chi connectivity index (χ4n) is 2.96. The number of nitrogens with zero attached hydrogens (tertiary/aromatic N) is 3. The summed E-state index contributed by atoms with van der Waals surface area (Å²) in [5.41, 5.74) is 0.834. The summed E-state index contributed by atoms with van der Waals surface area (Å²) in [6.07, 6.45) is 2.62. The predicted octanol–water partition coefficient (Wildman–Crippen LogP) is 2.54. The molecule has 8 nitrogen and oxygen atoms in total. The molecule has 0 aliphatic carbocycles. The maximum atomic E-state index is 6.01. The topological polar surface area (TPSA) is 93.8 Å². The van der Waals surface area contributed by atoms with Gasteiger partial charge in [0.05, 0.1) is 13.2 Å². The molecule has 1 atom stereocenters. The van der Waals surface area contributed by atoms with Crippen LogP contribution in [0.1, 0.15) is 18.7 Å². The van der Waals surface area contributed by atoms with Gasteiger partial charge in [-0.1, -0.05) is 28.9 Å². The van der Waals surface area contributed by atoms with Crippen LogP contribution in [0.25, 0.3) is 11.4 Å². The van der Waals surface area contributed by atoms with Gasteiger partial charge in [-0.25, -0.2) is 0 Å². The highest BCUT2D eigenvalue weighted by Gasteiger charge is 2.15. The molecular formula is C20H28ClN5O3. The highest BCUT2D eigenvalue weighted by molar-refractivity contribution is 6.30. The summed E-state index contributed by atoms with van der Waals surface area (Å²) in [7, 11) is 1.75. The van der Waals surface area contributed by atoms with E-state index in [1.165, 1.54) is 0 Å². The van der Waals surface area contributed by atoms with Crippen LogP contribution >= 0.6 is 11.6 Å². The van der Waals surface area contributed by atoms with E-state index in [0.717, 1.165) is 57.3 Å². The predicted molar refractivity (Wildman–Crippen MR) is 112 cm³/mol. The zero-order valence-electron chi connectivity index (χ0n) is 16.7. The van der Waals surface area contributed by atoms with Crippen LogP contribution in [0.2, 0.25) is 5.02 Å². The lowest BCUT2D eigenvalue weighted by Gasteiger charge is -2.12. The van der Waals surface area contributed by atoms with Crippen LogP contribution in [-0.4, -0.2) is 62.7 Å². The molecule has 1 unspecified atom stereocenters. The maximum absolute atomic E-state index is 6.01. The average Bonchev–Trinajstić information content (AvgIpc) is 3.41. The van der Waals surface area contributed by atoms with E-state index in [2.05, 4.69) is 25.8 Å². The zero-order chi connectivity index (χ0) is 20.3. The lowest BCUT2D eigenvalue weighted by atomic mass is 10.1. The summed E-state index contributed by atoms with van der Waals surface area (Å²) in [6.45, 7) is 4.64. The van der Waals surface area contributed by atoms with E-state index < -0.39 is 0 Å². The molecule has 1 aliphatic rings. The van der Waals surface area contributed by atoms with E-state index in [1.54, 1.807) is 7.05 Å². The van der Waals surface area contributed by atoms with E-state index in [9.17, 15) is 0 Å². The summed E-state index contributed by atoms with van der Waals surface area (Å²) in [5.74, 6) is 2.40. The second-order valence-corrected chi connectivity index (χ2v) is 7.29. The van der Waals surface area contributed by atoms with Gasteiger partial charge < -0.3 is 24.6 Å². The summed E-state index contributed by atoms with van der Waals surface area (Å²) >= 11 is 6.01. The minimum Gasteiger partial charge on any atom is -0.381 e. The molecule has 0 amide bonds. The van der Waals surface area contributed by atoms with Crippen molar-refractivity contribution in [3.8, 4) is 11.4 Å². The Labute approximate surface area is 176 Å². The number of halogens is 1. The van der Waals surface area contributed by atoms with Crippen LogP contribution in [0.15, 0.2) is 33.8 Å². The smallest absolute Gasteiger partial charge is 0.228 e. The van der Waals surface area contributed by atoms with Crippen molar-refractivity contribution >= 4 is 17.6 Å². The molecule has 1 saturated heterocycles. The van der Waals surface area contributed by atoms with Crippen molar-refractivity contribution in [3.63, 3.8) is 0 Å². The second-order valence-electron chi connectivity index (χ2n) is 6.86. The van der Waals surface area contributed by atoms with Gasteiger partial charge in [0.2, 0.25) is 11.7 Å². The highest BCUT2D eigenvalue weighted by atomic mass is 35.5. The average molecular weight is 422 g/mol. The Morgan fingerprint density at radius 3 is 3.03 bits per heavy atom. The largest absolute Gasteiger partial charge is 0.381 e. The number of nitrogens with one attached hydrogen (secondary N) is 2. The molecule has 9 heteroatoms. The van der Waals surface area contributed by atoms with E-state index in [1.807, 2.05) is 24.3 Å². The number of hydrogen-bond acceptors (Lipinski definition) is 6. The molecule has 1 aromatic carbocycles. The van der Waals surface area contributed by atoms with E-state index in [0.29, 0.717) is 35.6 Å². The Morgan fingerprint density at radius 1 is 1.34 bits per heavy atom. The maximum Gasteiger partial charge on any atom is 0.228 e. The third-order valence-corrected chi connectivity index (χ3v) is 4.78. The molecule has 1 fully saturated rings. The SMILES string of the molecule is CN=C(NCCCOCC1CCOC1)NCCc1nc(-c2cccc(Cl)c2)no1. The van der Waals surface area contributed by atoms with Gasteiger partial charge in [0.25, 0.3) is 0 Å². The lowest BCUT2D eigenvalue weighted by molar-refractivity contribution is 0.0888. The van der Waals surface area contributed by atoms with Gasteiger partial charge in [-0.05, 0) is 25.0 Å². The first kappa shape index (κ1) is 21.5. The van der Waals surface area contributed by atoms with Gasteiger partial charge >= 0.3 is 0 Å². The van der Waals surface area contributed by atoms with Crippen LogP contribution in [-0.2, 0) is 15.9 Å². The van der Waals surface area contributed by atoms with Crippen LogP contribution in [0.4, 0.5) is 0 Å². The van der Waals surface area contributed by atoms with Gasteiger partial charge in [0.1, 0.15) is 0 Å².